The van der Waals surface area contributed by atoms with Gasteiger partial charge in [0.25, 0.3) is 0 Å². The van der Waals surface area contributed by atoms with Gasteiger partial charge in [-0.15, -0.1) is 0 Å². The Morgan fingerprint density at radius 1 is 1.00 bits per heavy atom. The first-order valence-corrected chi connectivity index (χ1v) is 7.66. The van der Waals surface area contributed by atoms with E-state index in [-0.39, 0.29) is 11.9 Å². The van der Waals surface area contributed by atoms with Crippen molar-refractivity contribution < 1.29 is 4.79 Å². The Kier molecular flexibility index (Phi) is 5.21. The summed E-state index contributed by atoms with van der Waals surface area (Å²) in [6, 6.07) is 18.2. The summed E-state index contributed by atoms with van der Waals surface area (Å²) in [6.45, 7) is 4.20. The number of hydrogen-bond acceptors (Lipinski definition) is 2. The first-order chi connectivity index (χ1) is 10.5. The topological polar surface area (TPSA) is 46.3 Å². The van der Waals surface area contributed by atoms with E-state index in [1.807, 2.05) is 42.3 Å². The lowest BCUT2D eigenvalue weighted by Crippen LogP contribution is -2.43. The van der Waals surface area contributed by atoms with Crippen LogP contribution in [0.3, 0.4) is 0 Å². The Morgan fingerprint density at radius 2 is 1.55 bits per heavy atom. The standard InChI is InChI=1S/C19H24N2O/c1-14(2)13-18(19(20)22)21(3)17-11-9-16(10-12-17)15-7-5-4-6-8-15/h4-12,14,18H,13H2,1-3H3,(H2,20,22)/t18-/m0/s1. The molecule has 116 valence electrons. The Morgan fingerprint density at radius 3 is 2.05 bits per heavy atom. The maximum Gasteiger partial charge on any atom is 0.240 e. The molecule has 0 aliphatic rings. The molecule has 2 rings (SSSR count). The van der Waals surface area contributed by atoms with Crippen molar-refractivity contribution in [2.24, 2.45) is 11.7 Å². The maximum atomic E-state index is 11.7. The molecule has 0 radical (unpaired) electrons. The van der Waals surface area contributed by atoms with Crippen LogP contribution in [0.4, 0.5) is 5.69 Å². The summed E-state index contributed by atoms with van der Waals surface area (Å²) >= 11 is 0. The molecule has 0 aliphatic carbocycles. The molecule has 1 atom stereocenters. The Hall–Kier alpha value is -2.29. The Balaban J connectivity index is 2.20. The summed E-state index contributed by atoms with van der Waals surface area (Å²) < 4.78 is 0. The molecule has 0 spiro atoms. The van der Waals surface area contributed by atoms with E-state index in [1.165, 1.54) is 5.56 Å². The molecular weight excluding hydrogens is 272 g/mol. The van der Waals surface area contributed by atoms with Crippen LogP contribution in [0.15, 0.2) is 54.6 Å². The molecule has 0 heterocycles. The number of anilines is 1. The van der Waals surface area contributed by atoms with Crippen LogP contribution in [-0.2, 0) is 4.79 Å². The zero-order valence-electron chi connectivity index (χ0n) is 13.5. The van der Waals surface area contributed by atoms with Gasteiger partial charge in [-0.05, 0) is 35.6 Å². The molecule has 0 unspecified atom stereocenters. The van der Waals surface area contributed by atoms with Gasteiger partial charge < -0.3 is 10.6 Å². The molecule has 3 nitrogen and oxygen atoms in total. The van der Waals surface area contributed by atoms with Crippen LogP contribution in [0, 0.1) is 5.92 Å². The van der Waals surface area contributed by atoms with E-state index in [2.05, 4.69) is 38.1 Å². The summed E-state index contributed by atoms with van der Waals surface area (Å²) in [7, 11) is 1.93. The van der Waals surface area contributed by atoms with Crippen molar-refractivity contribution in [1.29, 1.82) is 0 Å². The minimum Gasteiger partial charge on any atom is -0.368 e. The van der Waals surface area contributed by atoms with Gasteiger partial charge in [-0.2, -0.15) is 0 Å². The normalized spacial score (nSPS) is 12.2. The molecule has 2 aromatic rings. The van der Waals surface area contributed by atoms with Gasteiger partial charge in [0.05, 0.1) is 0 Å². The fourth-order valence-corrected chi connectivity index (χ4v) is 2.61. The average Bonchev–Trinajstić information content (AvgIpc) is 2.52. The molecule has 22 heavy (non-hydrogen) atoms. The minimum atomic E-state index is -0.275. The number of nitrogens with zero attached hydrogens (tertiary/aromatic N) is 1. The SMILES string of the molecule is CC(C)C[C@@H](C(N)=O)N(C)c1ccc(-c2ccccc2)cc1. The molecule has 0 aliphatic heterocycles. The predicted molar refractivity (Wildman–Crippen MR) is 92.7 cm³/mol. The number of carbonyl (C=O) groups excluding carboxylic acids is 1. The zero-order chi connectivity index (χ0) is 16.1. The second-order valence-corrected chi connectivity index (χ2v) is 6.07. The molecule has 2 N–H and O–H groups in total. The molecule has 0 aromatic heterocycles. The number of rotatable bonds is 6. The number of hydrogen-bond donors (Lipinski definition) is 1. The van der Waals surface area contributed by atoms with Crippen LogP contribution in [0.1, 0.15) is 20.3 Å². The lowest BCUT2D eigenvalue weighted by Gasteiger charge is -2.29. The van der Waals surface area contributed by atoms with Crippen molar-refractivity contribution in [1.82, 2.24) is 0 Å². The van der Waals surface area contributed by atoms with E-state index in [0.717, 1.165) is 17.7 Å². The third-order valence-corrected chi connectivity index (χ3v) is 3.87. The number of primary amides is 1. The molecule has 0 saturated carbocycles. The van der Waals surface area contributed by atoms with Crippen LogP contribution < -0.4 is 10.6 Å². The van der Waals surface area contributed by atoms with Gasteiger partial charge in [0.1, 0.15) is 6.04 Å². The number of nitrogens with two attached hydrogens (primary N) is 1. The number of amides is 1. The van der Waals surface area contributed by atoms with Crippen molar-refractivity contribution in [2.75, 3.05) is 11.9 Å². The quantitative estimate of drug-likeness (QED) is 0.883. The lowest BCUT2D eigenvalue weighted by atomic mass is 10.0. The van der Waals surface area contributed by atoms with Crippen LogP contribution in [0.5, 0.6) is 0 Å². The van der Waals surface area contributed by atoms with E-state index < -0.39 is 0 Å². The Bertz CT molecular complexity index is 605. The summed E-state index contributed by atoms with van der Waals surface area (Å²) in [6.07, 6.45) is 0.756. The predicted octanol–water partition coefficient (Wildman–Crippen LogP) is 3.69. The van der Waals surface area contributed by atoms with Crippen LogP contribution >= 0.6 is 0 Å². The summed E-state index contributed by atoms with van der Waals surface area (Å²) in [5.74, 6) is 0.145. The summed E-state index contributed by atoms with van der Waals surface area (Å²) in [4.78, 5) is 13.7. The van der Waals surface area contributed by atoms with Gasteiger partial charge in [0, 0.05) is 12.7 Å². The number of carbonyl (C=O) groups is 1. The van der Waals surface area contributed by atoms with Gasteiger partial charge in [0.15, 0.2) is 0 Å². The van der Waals surface area contributed by atoms with Gasteiger partial charge in [-0.3, -0.25) is 4.79 Å². The van der Waals surface area contributed by atoms with Gasteiger partial charge in [-0.1, -0.05) is 56.3 Å². The number of benzene rings is 2. The van der Waals surface area contributed by atoms with Crippen molar-refractivity contribution in [2.45, 2.75) is 26.3 Å². The molecule has 0 saturated heterocycles. The molecule has 0 bridgehead atoms. The van der Waals surface area contributed by atoms with E-state index in [0.29, 0.717) is 5.92 Å². The van der Waals surface area contributed by atoms with Gasteiger partial charge in [-0.25, -0.2) is 0 Å². The van der Waals surface area contributed by atoms with Crippen LogP contribution in [0.2, 0.25) is 0 Å². The highest BCUT2D eigenvalue weighted by atomic mass is 16.1. The molecule has 0 fully saturated rings. The molecular formula is C19H24N2O. The fourth-order valence-electron chi connectivity index (χ4n) is 2.61. The highest BCUT2D eigenvalue weighted by Gasteiger charge is 2.22. The van der Waals surface area contributed by atoms with Crippen molar-refractivity contribution in [3.63, 3.8) is 0 Å². The van der Waals surface area contributed by atoms with Crippen LogP contribution in [-0.4, -0.2) is 19.0 Å². The maximum absolute atomic E-state index is 11.7. The smallest absolute Gasteiger partial charge is 0.240 e. The lowest BCUT2D eigenvalue weighted by molar-refractivity contribution is -0.119. The zero-order valence-corrected chi connectivity index (χ0v) is 13.5. The largest absolute Gasteiger partial charge is 0.368 e. The van der Waals surface area contributed by atoms with Crippen molar-refractivity contribution in [3.8, 4) is 11.1 Å². The fraction of sp³-hybridized carbons (Fsp3) is 0.316. The highest BCUT2D eigenvalue weighted by Crippen LogP contribution is 2.24. The molecule has 1 amide bonds. The highest BCUT2D eigenvalue weighted by molar-refractivity contribution is 5.83. The third-order valence-electron chi connectivity index (χ3n) is 3.87. The van der Waals surface area contributed by atoms with E-state index in [9.17, 15) is 4.79 Å². The van der Waals surface area contributed by atoms with E-state index in [1.54, 1.807) is 0 Å². The van der Waals surface area contributed by atoms with Crippen molar-refractivity contribution >= 4 is 11.6 Å². The third kappa shape index (κ3) is 3.88. The monoisotopic (exact) mass is 296 g/mol. The first-order valence-electron chi connectivity index (χ1n) is 7.66. The second-order valence-electron chi connectivity index (χ2n) is 6.07. The Labute approximate surface area is 132 Å². The minimum absolute atomic E-state index is 0.275. The second kappa shape index (κ2) is 7.12. The van der Waals surface area contributed by atoms with E-state index >= 15 is 0 Å². The average molecular weight is 296 g/mol. The molecule has 3 heteroatoms. The molecule has 2 aromatic carbocycles. The number of likely N-dealkylation sites (N-methyl/N-ethyl adjacent to an activating group) is 1. The van der Waals surface area contributed by atoms with Crippen LogP contribution in [0.25, 0.3) is 11.1 Å². The van der Waals surface area contributed by atoms with Gasteiger partial charge in [0.2, 0.25) is 5.91 Å². The van der Waals surface area contributed by atoms with Gasteiger partial charge >= 0.3 is 0 Å². The first kappa shape index (κ1) is 16.1. The van der Waals surface area contributed by atoms with E-state index in [4.69, 9.17) is 5.73 Å². The summed E-state index contributed by atoms with van der Waals surface area (Å²) in [5.41, 5.74) is 8.92. The summed E-state index contributed by atoms with van der Waals surface area (Å²) in [5, 5.41) is 0. The van der Waals surface area contributed by atoms with Crippen molar-refractivity contribution in [3.05, 3.63) is 54.6 Å².